The van der Waals surface area contributed by atoms with Gasteiger partial charge < -0.3 is 10.4 Å². The molecule has 1 unspecified atom stereocenters. The van der Waals surface area contributed by atoms with Gasteiger partial charge in [-0.25, -0.2) is 0 Å². The highest BCUT2D eigenvalue weighted by atomic mass is 35.5. The molecule has 1 aromatic rings. The van der Waals surface area contributed by atoms with Crippen molar-refractivity contribution in [3.05, 3.63) is 16.4 Å². The first-order chi connectivity index (χ1) is 7.37. The van der Waals surface area contributed by atoms with E-state index < -0.39 is 5.60 Å². The summed E-state index contributed by atoms with van der Waals surface area (Å²) in [6, 6.07) is 0. The summed E-state index contributed by atoms with van der Waals surface area (Å²) in [5.41, 5.74) is 1.00. The van der Waals surface area contributed by atoms with Gasteiger partial charge in [0.2, 0.25) is 0 Å². The van der Waals surface area contributed by atoms with Crippen LogP contribution in [0.5, 0.6) is 0 Å². The summed E-state index contributed by atoms with van der Waals surface area (Å²) in [5, 5.41) is 18.2. The van der Waals surface area contributed by atoms with Crippen molar-refractivity contribution in [1.82, 2.24) is 15.1 Å². The van der Waals surface area contributed by atoms with Gasteiger partial charge in [0.05, 0.1) is 11.3 Å². The van der Waals surface area contributed by atoms with Crippen molar-refractivity contribution in [1.29, 1.82) is 0 Å². The third-order valence-electron chi connectivity index (χ3n) is 2.58. The average molecular weight is 246 g/mol. The summed E-state index contributed by atoms with van der Waals surface area (Å²) in [7, 11) is 1.80. The summed E-state index contributed by atoms with van der Waals surface area (Å²) >= 11 is 6.12. The largest absolute Gasteiger partial charge is 0.389 e. The van der Waals surface area contributed by atoms with Crippen LogP contribution >= 0.6 is 11.6 Å². The molecule has 1 atom stereocenters. The summed E-state index contributed by atoms with van der Waals surface area (Å²) in [4.78, 5) is 0. The molecule has 0 aliphatic carbocycles. The van der Waals surface area contributed by atoms with E-state index >= 15 is 0 Å². The van der Waals surface area contributed by atoms with Crippen LogP contribution < -0.4 is 5.32 Å². The maximum atomic E-state index is 10.2. The van der Waals surface area contributed by atoms with Gasteiger partial charge in [0.15, 0.2) is 0 Å². The molecule has 4 nitrogen and oxygen atoms in total. The standard InChI is InChI=1S/C11H20ClN3O/c1-5-13-7-11(3,16)6-9-8(2)14-15(4)10(9)12/h13,16H,5-7H2,1-4H3. The van der Waals surface area contributed by atoms with Crippen LogP contribution in [-0.4, -0.2) is 33.6 Å². The minimum absolute atomic E-state index is 0.512. The van der Waals surface area contributed by atoms with Crippen molar-refractivity contribution in [3.63, 3.8) is 0 Å². The highest BCUT2D eigenvalue weighted by Gasteiger charge is 2.24. The third-order valence-corrected chi connectivity index (χ3v) is 3.06. The normalized spacial score (nSPS) is 15.1. The summed E-state index contributed by atoms with van der Waals surface area (Å²) in [6.07, 6.45) is 0.512. The Labute approximate surface area is 102 Å². The van der Waals surface area contributed by atoms with Crippen molar-refractivity contribution in [2.75, 3.05) is 13.1 Å². The number of rotatable bonds is 5. The van der Waals surface area contributed by atoms with Crippen LogP contribution in [0.15, 0.2) is 0 Å². The Hall–Kier alpha value is -0.580. The highest BCUT2D eigenvalue weighted by Crippen LogP contribution is 2.23. The number of nitrogens with one attached hydrogen (secondary N) is 1. The predicted molar refractivity (Wildman–Crippen MR) is 65.8 cm³/mol. The molecule has 1 aromatic heterocycles. The molecule has 0 aliphatic rings. The first-order valence-corrected chi connectivity index (χ1v) is 5.86. The molecule has 0 saturated heterocycles. The van der Waals surface area contributed by atoms with E-state index in [9.17, 15) is 5.11 Å². The molecule has 1 heterocycles. The molecule has 0 fully saturated rings. The van der Waals surface area contributed by atoms with Crippen molar-refractivity contribution in [3.8, 4) is 0 Å². The third kappa shape index (κ3) is 3.20. The van der Waals surface area contributed by atoms with E-state index in [1.54, 1.807) is 18.7 Å². The molecule has 5 heteroatoms. The SMILES string of the molecule is CCNCC(C)(O)Cc1c(C)nn(C)c1Cl. The maximum absolute atomic E-state index is 10.2. The van der Waals surface area contributed by atoms with Crippen LogP contribution in [0.1, 0.15) is 25.1 Å². The second kappa shape index (κ2) is 5.17. The molecule has 0 spiro atoms. The molecule has 0 amide bonds. The molecule has 16 heavy (non-hydrogen) atoms. The quantitative estimate of drug-likeness (QED) is 0.822. The number of aryl methyl sites for hydroxylation is 2. The predicted octanol–water partition coefficient (Wildman–Crippen LogP) is 1.28. The fraction of sp³-hybridized carbons (Fsp3) is 0.727. The molecule has 0 aromatic carbocycles. The second-order valence-corrected chi connectivity index (χ2v) is 4.79. The lowest BCUT2D eigenvalue weighted by Crippen LogP contribution is -2.39. The van der Waals surface area contributed by atoms with Crippen molar-refractivity contribution in [2.45, 2.75) is 32.8 Å². The lowest BCUT2D eigenvalue weighted by Gasteiger charge is -2.23. The molecular weight excluding hydrogens is 226 g/mol. The first-order valence-electron chi connectivity index (χ1n) is 5.48. The molecule has 1 rings (SSSR count). The van der Waals surface area contributed by atoms with Crippen molar-refractivity contribution < 1.29 is 5.11 Å². The van der Waals surface area contributed by atoms with Crippen LogP contribution in [0, 0.1) is 6.92 Å². The zero-order valence-electron chi connectivity index (χ0n) is 10.3. The molecule has 92 valence electrons. The van der Waals surface area contributed by atoms with Crippen LogP contribution in [0.4, 0.5) is 0 Å². The number of likely N-dealkylation sites (N-methyl/N-ethyl adjacent to an activating group) is 1. The molecule has 2 N–H and O–H groups in total. The van der Waals surface area contributed by atoms with Gasteiger partial charge in [-0.15, -0.1) is 0 Å². The van der Waals surface area contributed by atoms with E-state index in [4.69, 9.17) is 11.6 Å². The Balaban J connectivity index is 2.79. The zero-order valence-corrected chi connectivity index (χ0v) is 11.1. The van der Waals surface area contributed by atoms with Crippen molar-refractivity contribution in [2.24, 2.45) is 7.05 Å². The van der Waals surface area contributed by atoms with Crippen LogP contribution in [-0.2, 0) is 13.5 Å². The summed E-state index contributed by atoms with van der Waals surface area (Å²) in [5.74, 6) is 0. The van der Waals surface area contributed by atoms with E-state index in [0.29, 0.717) is 18.1 Å². The monoisotopic (exact) mass is 245 g/mol. The zero-order chi connectivity index (χ0) is 12.3. The number of hydrogen-bond acceptors (Lipinski definition) is 3. The minimum atomic E-state index is -0.798. The molecular formula is C11H20ClN3O. The molecule has 0 aliphatic heterocycles. The maximum Gasteiger partial charge on any atom is 0.130 e. The highest BCUT2D eigenvalue weighted by molar-refractivity contribution is 6.30. The van der Waals surface area contributed by atoms with E-state index in [1.165, 1.54) is 0 Å². The van der Waals surface area contributed by atoms with Gasteiger partial charge in [0, 0.05) is 25.6 Å². The van der Waals surface area contributed by atoms with Gasteiger partial charge in [-0.3, -0.25) is 4.68 Å². The van der Waals surface area contributed by atoms with Gasteiger partial charge in [-0.2, -0.15) is 5.10 Å². The van der Waals surface area contributed by atoms with Crippen LogP contribution in [0.25, 0.3) is 0 Å². The van der Waals surface area contributed by atoms with Gasteiger partial charge in [0.25, 0.3) is 0 Å². The molecule has 0 radical (unpaired) electrons. The fourth-order valence-corrected chi connectivity index (χ4v) is 1.95. The Kier molecular flexibility index (Phi) is 4.35. The first kappa shape index (κ1) is 13.5. The topological polar surface area (TPSA) is 50.1 Å². The minimum Gasteiger partial charge on any atom is -0.389 e. The van der Waals surface area contributed by atoms with Gasteiger partial charge in [0.1, 0.15) is 5.15 Å². The van der Waals surface area contributed by atoms with Gasteiger partial charge in [-0.05, 0) is 20.4 Å². The Morgan fingerprint density at radius 3 is 2.62 bits per heavy atom. The fourth-order valence-electron chi connectivity index (χ4n) is 1.71. The molecule has 0 bridgehead atoms. The Morgan fingerprint density at radius 1 is 1.56 bits per heavy atom. The number of nitrogens with zero attached hydrogens (tertiary/aromatic N) is 2. The summed E-state index contributed by atoms with van der Waals surface area (Å²) < 4.78 is 1.63. The average Bonchev–Trinajstić information content (AvgIpc) is 2.42. The summed E-state index contributed by atoms with van der Waals surface area (Å²) in [6.45, 7) is 7.12. The van der Waals surface area contributed by atoms with E-state index in [-0.39, 0.29) is 0 Å². The van der Waals surface area contributed by atoms with Crippen LogP contribution in [0.2, 0.25) is 5.15 Å². The Morgan fingerprint density at radius 2 is 2.19 bits per heavy atom. The van der Waals surface area contributed by atoms with Crippen LogP contribution in [0.3, 0.4) is 0 Å². The lowest BCUT2D eigenvalue weighted by atomic mass is 9.97. The smallest absolute Gasteiger partial charge is 0.130 e. The van der Waals surface area contributed by atoms with E-state index in [1.807, 2.05) is 13.8 Å². The van der Waals surface area contributed by atoms with Crippen molar-refractivity contribution >= 4 is 11.6 Å². The van der Waals surface area contributed by atoms with Gasteiger partial charge in [-0.1, -0.05) is 18.5 Å². The number of halogens is 1. The van der Waals surface area contributed by atoms with E-state index in [2.05, 4.69) is 10.4 Å². The number of hydrogen-bond donors (Lipinski definition) is 2. The molecule has 0 saturated carbocycles. The van der Waals surface area contributed by atoms with E-state index in [0.717, 1.165) is 17.8 Å². The Bertz CT molecular complexity index is 360. The number of aliphatic hydroxyl groups is 1. The number of aromatic nitrogens is 2. The lowest BCUT2D eigenvalue weighted by molar-refractivity contribution is 0.0606. The second-order valence-electron chi connectivity index (χ2n) is 4.43. The van der Waals surface area contributed by atoms with Gasteiger partial charge >= 0.3 is 0 Å².